The summed E-state index contributed by atoms with van der Waals surface area (Å²) in [6.45, 7) is 10.5. The van der Waals surface area contributed by atoms with Crippen LogP contribution in [0.5, 0.6) is 11.6 Å². The lowest BCUT2D eigenvalue weighted by Crippen LogP contribution is -2.60. The highest BCUT2D eigenvalue weighted by Gasteiger charge is 2.63. The minimum absolute atomic E-state index is 0.0277. The molecule has 6 rings (SSSR count). The number of sulfonamides is 1. The second-order valence-electron chi connectivity index (χ2n) is 15.8. The number of amides is 4. The van der Waals surface area contributed by atoms with Gasteiger partial charge in [0.2, 0.25) is 21.8 Å². The first kappa shape index (κ1) is 38.5. The van der Waals surface area contributed by atoms with E-state index in [0.717, 1.165) is 25.7 Å². The summed E-state index contributed by atoms with van der Waals surface area (Å²) >= 11 is 6.49. The number of ether oxygens (including phenoxy) is 3. The first-order valence-corrected chi connectivity index (χ1v) is 19.7. The summed E-state index contributed by atoms with van der Waals surface area (Å²) in [6.07, 6.45) is 3.94. The Kier molecular flexibility index (Phi) is 10.4. The van der Waals surface area contributed by atoms with Gasteiger partial charge in [-0.25, -0.2) is 23.2 Å². The molecule has 1 aromatic carbocycles. The van der Waals surface area contributed by atoms with Crippen LogP contribution < -0.4 is 24.8 Å². The molecule has 3 aliphatic carbocycles. The van der Waals surface area contributed by atoms with Crippen molar-refractivity contribution in [2.24, 2.45) is 11.3 Å². The number of halogens is 1. The number of carbonyl (C=O) groups is 4. The predicted molar refractivity (Wildman–Crippen MR) is 195 cm³/mol. The summed E-state index contributed by atoms with van der Waals surface area (Å²) in [4.78, 5) is 65.7. The number of likely N-dealkylation sites (tertiary alicyclic amines) is 1. The molecule has 1 aliphatic heterocycles. The van der Waals surface area contributed by atoms with Crippen molar-refractivity contribution in [1.29, 1.82) is 0 Å². The normalized spacial score (nSPS) is 25.6. The van der Waals surface area contributed by atoms with Crippen LogP contribution in [0.4, 0.5) is 4.79 Å². The van der Waals surface area contributed by atoms with Crippen LogP contribution >= 0.6 is 11.6 Å². The summed E-state index contributed by atoms with van der Waals surface area (Å²) < 4.78 is 44.3. The fraction of sp³-hybridized carbons (Fsp3) is 0.611. The molecule has 4 amide bonds. The zero-order valence-corrected chi connectivity index (χ0v) is 32.1. The average Bonchev–Trinajstić information content (AvgIpc) is 3.88. The number of aromatic nitrogens is 2. The van der Waals surface area contributed by atoms with Crippen molar-refractivity contribution in [2.45, 2.75) is 114 Å². The highest BCUT2D eigenvalue weighted by atomic mass is 35.5. The second kappa shape index (κ2) is 14.2. The smallest absolute Gasteiger partial charge is 0.408 e. The molecule has 4 fully saturated rings. The van der Waals surface area contributed by atoms with Gasteiger partial charge in [0.25, 0.3) is 11.8 Å². The zero-order valence-electron chi connectivity index (χ0n) is 30.6. The molecule has 3 N–H and O–H groups in total. The quantitative estimate of drug-likeness (QED) is 0.266. The van der Waals surface area contributed by atoms with Crippen molar-refractivity contribution in [1.82, 2.24) is 30.2 Å². The number of benzene rings is 1. The number of nitrogens with one attached hydrogen (secondary N) is 3. The molecule has 15 nitrogen and oxygen atoms in total. The van der Waals surface area contributed by atoms with Gasteiger partial charge >= 0.3 is 6.09 Å². The number of methoxy groups -OCH3 is 1. The Morgan fingerprint density at radius 1 is 1.09 bits per heavy atom. The van der Waals surface area contributed by atoms with E-state index in [2.05, 4.69) is 31.9 Å². The number of fused-ring (bicyclic) bond motifs is 1. The number of carbonyl (C=O) groups excluding carboxylic acids is 4. The van der Waals surface area contributed by atoms with Gasteiger partial charge in [-0.3, -0.25) is 19.1 Å². The summed E-state index contributed by atoms with van der Waals surface area (Å²) in [5, 5.41) is 5.48. The molecule has 0 spiro atoms. The maximum absolute atomic E-state index is 14.5. The van der Waals surface area contributed by atoms with E-state index >= 15 is 0 Å². The van der Waals surface area contributed by atoms with Gasteiger partial charge in [0.15, 0.2) is 5.15 Å². The molecule has 17 heteroatoms. The zero-order chi connectivity index (χ0) is 38.5. The SMILES string of the molecule is C=C[C@@H]1C[C@]1(NC(=O)[C@@H]1C[C@@H](Oc2nc3cc(OC)ccc3nc2Cl)CN1C(=O)[C@@H](NC(=O)OC1CCCC1)C(C)(C)C)C(=O)NS(=O)(=O)C1(C)CC1. The number of hydrogen-bond acceptors (Lipinski definition) is 11. The molecule has 288 valence electrons. The van der Waals surface area contributed by atoms with Crippen LogP contribution in [-0.4, -0.2) is 95.3 Å². The summed E-state index contributed by atoms with van der Waals surface area (Å²) in [5.74, 6) is -2.20. The van der Waals surface area contributed by atoms with Crippen LogP contribution in [-0.2, 0) is 29.1 Å². The topological polar surface area (TPSA) is 195 Å². The lowest BCUT2D eigenvalue weighted by Gasteiger charge is -2.35. The fourth-order valence-corrected chi connectivity index (χ4v) is 8.46. The molecule has 1 aromatic heterocycles. The van der Waals surface area contributed by atoms with Crippen molar-refractivity contribution < 1.29 is 41.8 Å². The molecule has 5 atom stereocenters. The summed E-state index contributed by atoms with van der Waals surface area (Å²) in [6, 6.07) is 2.75. The van der Waals surface area contributed by atoms with Crippen LogP contribution in [0.3, 0.4) is 0 Å². The van der Waals surface area contributed by atoms with E-state index in [1.165, 1.54) is 18.1 Å². The van der Waals surface area contributed by atoms with E-state index in [1.807, 2.05) is 0 Å². The first-order valence-electron chi connectivity index (χ1n) is 17.9. The van der Waals surface area contributed by atoms with E-state index in [1.54, 1.807) is 45.9 Å². The van der Waals surface area contributed by atoms with Gasteiger partial charge in [-0.15, -0.1) is 6.58 Å². The van der Waals surface area contributed by atoms with Crippen LogP contribution in [0, 0.1) is 11.3 Å². The first-order chi connectivity index (χ1) is 24.9. The van der Waals surface area contributed by atoms with E-state index in [0.29, 0.717) is 29.6 Å². The van der Waals surface area contributed by atoms with Crippen LogP contribution in [0.1, 0.15) is 79.1 Å². The van der Waals surface area contributed by atoms with Gasteiger partial charge in [-0.1, -0.05) is 38.4 Å². The fourth-order valence-electron chi connectivity index (χ4n) is 6.97. The second-order valence-corrected chi connectivity index (χ2v) is 18.4. The third kappa shape index (κ3) is 7.89. The van der Waals surface area contributed by atoms with E-state index in [9.17, 15) is 27.6 Å². The maximum atomic E-state index is 14.5. The molecule has 0 unspecified atom stereocenters. The van der Waals surface area contributed by atoms with Gasteiger partial charge in [-0.05, 0) is 69.4 Å². The molecule has 2 heterocycles. The monoisotopic (exact) mass is 774 g/mol. The van der Waals surface area contributed by atoms with Crippen LogP contribution in [0.2, 0.25) is 5.15 Å². The minimum atomic E-state index is -4.01. The molecule has 4 aliphatic rings. The lowest BCUT2D eigenvalue weighted by molar-refractivity contribution is -0.143. The molecule has 0 radical (unpaired) electrons. The molecular weight excluding hydrogens is 728 g/mol. The minimum Gasteiger partial charge on any atom is -0.497 e. The Balaban J connectivity index is 1.28. The molecule has 0 bridgehead atoms. The third-order valence-corrected chi connectivity index (χ3v) is 13.2. The highest BCUT2D eigenvalue weighted by molar-refractivity contribution is 7.91. The van der Waals surface area contributed by atoms with Crippen molar-refractivity contribution >= 4 is 56.5 Å². The lowest BCUT2D eigenvalue weighted by atomic mass is 9.85. The standard InChI is InChI=1S/C36H47ClN6O9S/c1-7-20-18-36(20,32(46)42-53(48,49)35(5)14-15-35)41-29(44)26-17-23(51-30-28(37)38-24-13-12-22(50-6)16-25(24)39-30)19-43(26)31(45)27(34(2,3)4)40-33(47)52-21-10-8-9-11-21/h7,12-13,16,20-21,23,26-27H,1,8-11,14-15,17-19H2,2-6H3,(H,40,47)(H,41,44)(H,42,46)/t20-,23-,26+,27-,36-/m1/s1. The molecule has 2 aromatic rings. The maximum Gasteiger partial charge on any atom is 0.408 e. The van der Waals surface area contributed by atoms with Gasteiger partial charge in [0.1, 0.15) is 35.6 Å². The Morgan fingerprint density at radius 2 is 1.79 bits per heavy atom. The van der Waals surface area contributed by atoms with Crippen LogP contribution in [0.25, 0.3) is 11.0 Å². The van der Waals surface area contributed by atoms with Crippen LogP contribution in [0.15, 0.2) is 30.9 Å². The highest BCUT2D eigenvalue weighted by Crippen LogP contribution is 2.47. The number of nitrogens with zero attached hydrogens (tertiary/aromatic N) is 3. The number of rotatable bonds is 12. The van der Waals surface area contributed by atoms with Gasteiger partial charge < -0.3 is 29.7 Å². The van der Waals surface area contributed by atoms with Crippen molar-refractivity contribution in [3.63, 3.8) is 0 Å². The number of hydrogen-bond donors (Lipinski definition) is 3. The van der Waals surface area contributed by atoms with Gasteiger partial charge in [0.05, 0.1) is 29.4 Å². The largest absolute Gasteiger partial charge is 0.497 e. The average molecular weight is 775 g/mol. The number of alkyl carbamates (subject to hydrolysis) is 1. The Labute approximate surface area is 314 Å². The van der Waals surface area contributed by atoms with E-state index in [4.69, 9.17) is 25.8 Å². The predicted octanol–water partition coefficient (Wildman–Crippen LogP) is 3.78. The molecule has 53 heavy (non-hydrogen) atoms. The van der Waals surface area contributed by atoms with Gasteiger partial charge in [-0.2, -0.15) is 0 Å². The summed E-state index contributed by atoms with van der Waals surface area (Å²) in [5.41, 5.74) is -1.48. The van der Waals surface area contributed by atoms with Gasteiger partial charge in [0, 0.05) is 18.4 Å². The Hall–Kier alpha value is -4.18. The molecule has 1 saturated heterocycles. The van der Waals surface area contributed by atoms with E-state index in [-0.39, 0.29) is 36.5 Å². The summed E-state index contributed by atoms with van der Waals surface area (Å²) in [7, 11) is -2.49. The van der Waals surface area contributed by atoms with Crippen molar-refractivity contribution in [3.8, 4) is 11.6 Å². The van der Waals surface area contributed by atoms with E-state index < -0.39 is 73.6 Å². The molecule has 3 saturated carbocycles. The third-order valence-electron chi connectivity index (χ3n) is 10.8. The molecular formula is C36H47ClN6O9S. The Bertz CT molecular complexity index is 1930. The van der Waals surface area contributed by atoms with Crippen molar-refractivity contribution in [3.05, 3.63) is 36.0 Å². The van der Waals surface area contributed by atoms with Crippen molar-refractivity contribution in [2.75, 3.05) is 13.7 Å². The Morgan fingerprint density at radius 3 is 2.40 bits per heavy atom.